The Hall–Kier alpha value is -0.610. The average molecular weight is 174 g/mol. The Morgan fingerprint density at radius 3 is 2.50 bits per heavy atom. The summed E-state index contributed by atoms with van der Waals surface area (Å²) < 4.78 is 4.80. The van der Waals surface area contributed by atoms with Crippen molar-refractivity contribution in [3.05, 3.63) is 0 Å². The van der Waals surface area contributed by atoms with Crippen molar-refractivity contribution < 1.29 is 14.6 Å². The van der Waals surface area contributed by atoms with Gasteiger partial charge in [-0.25, -0.2) is 9.90 Å². The highest BCUT2D eigenvalue weighted by Gasteiger charge is 1.98. The molecule has 0 fully saturated rings. The standard InChI is InChI=1S/C8H16NO3/c1-9(2)5-3-4-6-12-7-8(10)11/h3-7H2,1-2H3. The predicted molar refractivity (Wildman–Crippen MR) is 44.3 cm³/mol. The van der Waals surface area contributed by atoms with Gasteiger partial charge in [-0.1, -0.05) is 0 Å². The molecule has 12 heavy (non-hydrogen) atoms. The fourth-order valence-electron chi connectivity index (χ4n) is 0.788. The molecule has 0 aromatic carbocycles. The minimum absolute atomic E-state index is 0.290. The van der Waals surface area contributed by atoms with Crippen molar-refractivity contribution in [2.45, 2.75) is 12.8 Å². The molecule has 0 saturated carbocycles. The molecule has 4 nitrogen and oxygen atoms in total. The van der Waals surface area contributed by atoms with Crippen molar-refractivity contribution in [1.82, 2.24) is 4.90 Å². The van der Waals surface area contributed by atoms with Gasteiger partial charge in [-0.15, -0.1) is 0 Å². The quantitative estimate of drug-likeness (QED) is 0.522. The van der Waals surface area contributed by atoms with Crippen molar-refractivity contribution >= 4 is 5.97 Å². The molecule has 0 bridgehead atoms. The zero-order valence-corrected chi connectivity index (χ0v) is 7.71. The van der Waals surface area contributed by atoms with E-state index in [0.717, 1.165) is 19.4 Å². The molecule has 0 N–H and O–H groups in total. The maximum atomic E-state index is 9.90. The van der Waals surface area contributed by atoms with Crippen LogP contribution >= 0.6 is 0 Å². The Morgan fingerprint density at radius 2 is 2.00 bits per heavy atom. The second-order valence-electron chi connectivity index (χ2n) is 2.93. The lowest BCUT2D eigenvalue weighted by Gasteiger charge is -2.08. The van der Waals surface area contributed by atoms with Gasteiger partial charge < -0.3 is 9.64 Å². The maximum Gasteiger partial charge on any atom is 0.380 e. The number of carbonyl (C=O) groups is 1. The third kappa shape index (κ3) is 9.39. The summed E-state index contributed by atoms with van der Waals surface area (Å²) in [6, 6.07) is 0. The van der Waals surface area contributed by atoms with Crippen molar-refractivity contribution in [1.29, 1.82) is 0 Å². The molecule has 0 aliphatic carbocycles. The molecule has 0 amide bonds. The van der Waals surface area contributed by atoms with Gasteiger partial charge >= 0.3 is 5.97 Å². The number of hydrogen-bond donors (Lipinski definition) is 0. The van der Waals surface area contributed by atoms with Crippen LogP contribution in [0.3, 0.4) is 0 Å². The minimum atomic E-state index is -1.15. The van der Waals surface area contributed by atoms with Crippen LogP contribution in [0.5, 0.6) is 0 Å². The Labute approximate surface area is 73.1 Å². The minimum Gasteiger partial charge on any atom is -0.370 e. The van der Waals surface area contributed by atoms with Gasteiger partial charge in [0, 0.05) is 6.61 Å². The van der Waals surface area contributed by atoms with Gasteiger partial charge in [-0.05, 0) is 33.5 Å². The lowest BCUT2D eigenvalue weighted by atomic mass is 10.3. The highest BCUT2D eigenvalue weighted by Crippen LogP contribution is 1.91. The normalized spacial score (nSPS) is 10.6. The summed E-state index contributed by atoms with van der Waals surface area (Å²) in [6.45, 7) is 1.22. The van der Waals surface area contributed by atoms with E-state index in [2.05, 4.69) is 4.90 Å². The molecular formula is C8H16NO3. The average Bonchev–Trinajstić information content (AvgIpc) is 1.95. The Bertz CT molecular complexity index is 125. The van der Waals surface area contributed by atoms with Crippen LogP contribution < -0.4 is 0 Å². The van der Waals surface area contributed by atoms with Gasteiger partial charge in [0.2, 0.25) is 0 Å². The molecule has 1 radical (unpaired) electrons. The first-order valence-corrected chi connectivity index (χ1v) is 4.05. The second kappa shape index (κ2) is 7.06. The van der Waals surface area contributed by atoms with E-state index in [1.165, 1.54) is 0 Å². The summed E-state index contributed by atoms with van der Waals surface area (Å²) in [6.07, 6.45) is 1.92. The van der Waals surface area contributed by atoms with E-state index in [1.807, 2.05) is 14.1 Å². The van der Waals surface area contributed by atoms with E-state index in [4.69, 9.17) is 4.74 Å². The van der Waals surface area contributed by atoms with Crippen molar-refractivity contribution in [3.8, 4) is 0 Å². The van der Waals surface area contributed by atoms with Gasteiger partial charge in [-0.2, -0.15) is 0 Å². The Morgan fingerprint density at radius 1 is 1.33 bits per heavy atom. The molecule has 0 unspecified atom stereocenters. The van der Waals surface area contributed by atoms with Gasteiger partial charge in [0.05, 0.1) is 0 Å². The highest BCUT2D eigenvalue weighted by atomic mass is 16.5. The Balaban J connectivity index is 2.96. The summed E-state index contributed by atoms with van der Waals surface area (Å²) in [4.78, 5) is 12.0. The third-order valence-corrected chi connectivity index (χ3v) is 1.36. The van der Waals surface area contributed by atoms with Gasteiger partial charge in [0.25, 0.3) is 0 Å². The van der Waals surface area contributed by atoms with Crippen LogP contribution in [0, 0.1) is 0 Å². The fraction of sp³-hybridized carbons (Fsp3) is 0.875. The predicted octanol–water partition coefficient (Wildman–Crippen LogP) is 0.302. The van der Waals surface area contributed by atoms with Crippen LogP contribution in [-0.4, -0.2) is 44.7 Å². The first-order valence-electron chi connectivity index (χ1n) is 4.05. The van der Waals surface area contributed by atoms with E-state index in [1.54, 1.807) is 0 Å². The van der Waals surface area contributed by atoms with Crippen molar-refractivity contribution in [2.24, 2.45) is 0 Å². The summed E-state index contributed by atoms with van der Waals surface area (Å²) in [5.74, 6) is -1.15. The third-order valence-electron chi connectivity index (χ3n) is 1.36. The molecule has 0 aromatic rings. The van der Waals surface area contributed by atoms with Crippen LogP contribution in [-0.2, 0) is 14.6 Å². The van der Waals surface area contributed by atoms with Crippen molar-refractivity contribution in [2.75, 3.05) is 33.9 Å². The summed E-state index contributed by atoms with van der Waals surface area (Å²) in [7, 11) is 4.00. The number of rotatable bonds is 7. The molecule has 4 heteroatoms. The van der Waals surface area contributed by atoms with Crippen LogP contribution in [0.2, 0.25) is 0 Å². The Kier molecular flexibility index (Phi) is 6.70. The lowest BCUT2D eigenvalue weighted by molar-refractivity contribution is -0.148. The van der Waals surface area contributed by atoms with Gasteiger partial charge in [-0.3, -0.25) is 0 Å². The van der Waals surface area contributed by atoms with Crippen LogP contribution in [0.4, 0.5) is 0 Å². The molecule has 71 valence electrons. The van der Waals surface area contributed by atoms with E-state index in [0.29, 0.717) is 6.61 Å². The largest absolute Gasteiger partial charge is 0.380 e. The molecule has 0 aliphatic rings. The molecule has 0 rings (SSSR count). The lowest BCUT2D eigenvalue weighted by Crippen LogP contribution is -2.14. The maximum absolute atomic E-state index is 9.90. The topological polar surface area (TPSA) is 49.4 Å². The number of ether oxygens (including phenoxy) is 1. The monoisotopic (exact) mass is 174 g/mol. The van der Waals surface area contributed by atoms with Gasteiger partial charge in [0.1, 0.15) is 6.61 Å². The second-order valence-corrected chi connectivity index (χ2v) is 2.93. The molecule has 0 aromatic heterocycles. The van der Waals surface area contributed by atoms with Crippen LogP contribution in [0.25, 0.3) is 0 Å². The number of unbranched alkanes of at least 4 members (excludes halogenated alkanes) is 1. The zero-order chi connectivity index (χ0) is 9.40. The number of nitrogens with zero attached hydrogens (tertiary/aromatic N) is 1. The van der Waals surface area contributed by atoms with E-state index >= 15 is 0 Å². The van der Waals surface area contributed by atoms with Crippen LogP contribution in [0.1, 0.15) is 12.8 Å². The first kappa shape index (κ1) is 11.4. The molecule has 0 heterocycles. The van der Waals surface area contributed by atoms with E-state index < -0.39 is 5.97 Å². The SMILES string of the molecule is CN(C)CCCCOCC([O])=O. The summed E-state index contributed by atoms with van der Waals surface area (Å²) in [5, 5.41) is 9.90. The molecule has 0 aliphatic heterocycles. The summed E-state index contributed by atoms with van der Waals surface area (Å²) in [5.41, 5.74) is 0. The molecule has 0 atom stereocenters. The first-order chi connectivity index (χ1) is 5.63. The number of carbonyl (C=O) groups excluding carboxylic acids is 1. The summed E-state index contributed by atoms with van der Waals surface area (Å²) >= 11 is 0. The van der Waals surface area contributed by atoms with E-state index in [9.17, 15) is 9.90 Å². The van der Waals surface area contributed by atoms with E-state index in [-0.39, 0.29) is 6.61 Å². The smallest absolute Gasteiger partial charge is 0.370 e. The van der Waals surface area contributed by atoms with Crippen LogP contribution in [0.15, 0.2) is 0 Å². The molecule has 0 saturated heterocycles. The number of hydrogen-bond acceptors (Lipinski definition) is 3. The zero-order valence-electron chi connectivity index (χ0n) is 7.71. The molecular weight excluding hydrogens is 158 g/mol. The van der Waals surface area contributed by atoms with Crippen molar-refractivity contribution in [3.63, 3.8) is 0 Å². The van der Waals surface area contributed by atoms with Gasteiger partial charge in [0.15, 0.2) is 0 Å². The fourth-order valence-corrected chi connectivity index (χ4v) is 0.788. The molecule has 0 spiro atoms. The highest BCUT2D eigenvalue weighted by molar-refractivity contribution is 5.67.